The van der Waals surface area contributed by atoms with Crippen molar-refractivity contribution in [3.63, 3.8) is 0 Å². The molecule has 0 unspecified atom stereocenters. The van der Waals surface area contributed by atoms with Crippen LogP contribution in [0.15, 0.2) is 41.2 Å². The highest BCUT2D eigenvalue weighted by Gasteiger charge is 2.03. The molecule has 0 fully saturated rings. The molecule has 1 heterocycles. The molecule has 0 aliphatic rings. The van der Waals surface area contributed by atoms with Gasteiger partial charge in [0.15, 0.2) is 5.82 Å². The smallest absolute Gasteiger partial charge is 0.320 e. The van der Waals surface area contributed by atoms with Crippen LogP contribution < -0.4 is 16.2 Å². The zero-order chi connectivity index (χ0) is 13.7. The zero-order valence-electron chi connectivity index (χ0n) is 9.81. The van der Waals surface area contributed by atoms with E-state index in [0.717, 1.165) is 0 Å². The number of carbonyl (C=O) groups is 1. The van der Waals surface area contributed by atoms with E-state index in [2.05, 4.69) is 20.8 Å². The normalized spacial score (nSPS) is 9.95. The molecule has 3 N–H and O–H groups in total. The van der Waals surface area contributed by atoms with Crippen LogP contribution in [0, 0.1) is 5.82 Å². The molecule has 0 aliphatic carbocycles. The van der Waals surface area contributed by atoms with E-state index >= 15 is 0 Å². The van der Waals surface area contributed by atoms with Crippen molar-refractivity contribution in [3.8, 4) is 0 Å². The van der Waals surface area contributed by atoms with Gasteiger partial charge in [-0.05, 0) is 23.8 Å². The Morgan fingerprint density at radius 1 is 1.32 bits per heavy atom. The number of nitrogens with one attached hydrogen (secondary N) is 3. The van der Waals surface area contributed by atoms with Crippen molar-refractivity contribution in [2.24, 2.45) is 0 Å². The fourth-order valence-electron chi connectivity index (χ4n) is 1.40. The number of carbonyl (C=O) groups excluding carboxylic acids is 1. The molecule has 2 aromatic rings. The van der Waals surface area contributed by atoms with E-state index < -0.39 is 6.03 Å². The first-order valence-corrected chi connectivity index (χ1v) is 5.48. The Hall–Kier alpha value is -2.70. The Labute approximate surface area is 107 Å². The van der Waals surface area contributed by atoms with Crippen LogP contribution in [0.1, 0.15) is 5.56 Å². The molecule has 1 aromatic carbocycles. The summed E-state index contributed by atoms with van der Waals surface area (Å²) in [7, 11) is 0. The molecule has 7 heteroatoms. The number of hydrogen-bond acceptors (Lipinski definition) is 3. The van der Waals surface area contributed by atoms with Gasteiger partial charge >= 0.3 is 6.03 Å². The minimum atomic E-state index is -0.496. The molecule has 2 amide bonds. The first-order chi connectivity index (χ1) is 9.13. The second-order valence-corrected chi connectivity index (χ2v) is 3.74. The molecule has 0 bridgehead atoms. The summed E-state index contributed by atoms with van der Waals surface area (Å²) in [5.41, 5.74) is 0.287. The summed E-state index contributed by atoms with van der Waals surface area (Å²) in [4.78, 5) is 22.3. The fourth-order valence-corrected chi connectivity index (χ4v) is 1.40. The van der Waals surface area contributed by atoms with Gasteiger partial charge in [0.1, 0.15) is 5.82 Å². The lowest BCUT2D eigenvalue weighted by atomic mass is 10.2. The number of nitrogens with zero attached hydrogens (tertiary/aromatic N) is 1. The summed E-state index contributed by atoms with van der Waals surface area (Å²) in [6, 6.07) is 8.04. The third-order valence-electron chi connectivity index (χ3n) is 2.26. The summed E-state index contributed by atoms with van der Waals surface area (Å²) in [6.07, 6.45) is 0. The Balaban J connectivity index is 1.88. The van der Waals surface area contributed by atoms with E-state index in [9.17, 15) is 14.0 Å². The fraction of sp³-hybridized carbons (Fsp3) is 0.0833. The summed E-state index contributed by atoms with van der Waals surface area (Å²) >= 11 is 0. The maximum absolute atomic E-state index is 12.9. The quantitative estimate of drug-likeness (QED) is 0.777. The molecule has 0 aliphatic heterocycles. The van der Waals surface area contributed by atoms with E-state index in [1.54, 1.807) is 12.1 Å². The summed E-state index contributed by atoms with van der Waals surface area (Å²) in [6.45, 7) is 0.187. The lowest BCUT2D eigenvalue weighted by Gasteiger charge is -2.06. The summed E-state index contributed by atoms with van der Waals surface area (Å²) in [5.74, 6) is -0.140. The predicted octanol–water partition coefficient (Wildman–Crippen LogP) is 1.23. The Kier molecular flexibility index (Phi) is 3.87. The van der Waals surface area contributed by atoms with Crippen molar-refractivity contribution in [1.29, 1.82) is 0 Å². The molecule has 2 rings (SSSR count). The van der Waals surface area contributed by atoms with Crippen molar-refractivity contribution in [1.82, 2.24) is 15.5 Å². The largest absolute Gasteiger partial charge is 0.334 e. The number of halogens is 1. The van der Waals surface area contributed by atoms with Crippen LogP contribution in [-0.2, 0) is 6.54 Å². The van der Waals surface area contributed by atoms with Gasteiger partial charge in [-0.3, -0.25) is 10.1 Å². The van der Waals surface area contributed by atoms with E-state index in [0.29, 0.717) is 5.56 Å². The monoisotopic (exact) mass is 262 g/mol. The van der Waals surface area contributed by atoms with Gasteiger partial charge in [0, 0.05) is 12.6 Å². The van der Waals surface area contributed by atoms with Crippen LogP contribution >= 0.6 is 0 Å². The topological polar surface area (TPSA) is 86.9 Å². The average molecular weight is 262 g/mol. The standard InChI is InChI=1S/C12H11FN4O2/c13-9-3-1-2-8(6-9)7-14-12(19)15-10-4-5-11(18)17-16-10/h1-6H,7H2,(H,17,18)(H2,14,15,16,19). The molecular formula is C12H11FN4O2. The number of hydrogen-bond donors (Lipinski definition) is 3. The van der Waals surface area contributed by atoms with Crippen molar-refractivity contribution >= 4 is 11.8 Å². The SMILES string of the molecule is O=C(NCc1cccc(F)c1)Nc1ccc(=O)[nH]n1. The number of benzene rings is 1. The molecule has 98 valence electrons. The van der Waals surface area contributed by atoms with E-state index in [1.807, 2.05) is 0 Å². The van der Waals surface area contributed by atoms with Gasteiger partial charge < -0.3 is 5.32 Å². The Bertz CT molecular complexity index is 621. The zero-order valence-corrected chi connectivity index (χ0v) is 9.81. The van der Waals surface area contributed by atoms with Crippen LogP contribution in [0.3, 0.4) is 0 Å². The number of rotatable bonds is 3. The Morgan fingerprint density at radius 3 is 2.84 bits per heavy atom. The highest BCUT2D eigenvalue weighted by molar-refractivity contribution is 5.87. The van der Waals surface area contributed by atoms with Crippen molar-refractivity contribution in [2.45, 2.75) is 6.54 Å². The first kappa shape index (κ1) is 12.7. The second-order valence-electron chi connectivity index (χ2n) is 3.74. The van der Waals surface area contributed by atoms with Crippen LogP contribution in [0.25, 0.3) is 0 Å². The number of amides is 2. The summed E-state index contributed by atoms with van der Waals surface area (Å²) < 4.78 is 12.9. The predicted molar refractivity (Wildman–Crippen MR) is 67.1 cm³/mol. The summed E-state index contributed by atoms with van der Waals surface area (Å²) in [5, 5.41) is 10.8. The van der Waals surface area contributed by atoms with Gasteiger partial charge in [0.2, 0.25) is 0 Å². The minimum absolute atomic E-state index is 0.187. The highest BCUT2D eigenvalue weighted by atomic mass is 19.1. The molecule has 6 nitrogen and oxygen atoms in total. The van der Waals surface area contributed by atoms with Crippen molar-refractivity contribution in [3.05, 3.63) is 58.1 Å². The Morgan fingerprint density at radius 2 is 2.16 bits per heavy atom. The van der Waals surface area contributed by atoms with Crippen molar-refractivity contribution < 1.29 is 9.18 Å². The molecule has 0 atom stereocenters. The second kappa shape index (κ2) is 5.76. The number of urea groups is 1. The minimum Gasteiger partial charge on any atom is -0.334 e. The number of aromatic amines is 1. The number of anilines is 1. The molecule has 0 spiro atoms. The van der Waals surface area contributed by atoms with E-state index in [4.69, 9.17) is 0 Å². The first-order valence-electron chi connectivity index (χ1n) is 5.48. The van der Waals surface area contributed by atoms with E-state index in [1.165, 1.54) is 24.3 Å². The lowest BCUT2D eigenvalue weighted by Crippen LogP contribution is -2.29. The third-order valence-corrected chi connectivity index (χ3v) is 2.26. The molecule has 0 radical (unpaired) electrons. The van der Waals surface area contributed by atoms with Gasteiger partial charge in [-0.1, -0.05) is 12.1 Å². The van der Waals surface area contributed by atoms with Gasteiger partial charge in [-0.15, -0.1) is 0 Å². The number of aromatic nitrogens is 2. The average Bonchev–Trinajstić information content (AvgIpc) is 2.39. The van der Waals surface area contributed by atoms with Crippen LogP contribution in [0.5, 0.6) is 0 Å². The molecule has 0 saturated carbocycles. The third kappa shape index (κ3) is 3.91. The van der Waals surface area contributed by atoms with Gasteiger partial charge in [0.05, 0.1) is 0 Å². The maximum atomic E-state index is 12.9. The molecular weight excluding hydrogens is 251 g/mol. The van der Waals surface area contributed by atoms with Crippen LogP contribution in [-0.4, -0.2) is 16.2 Å². The highest BCUT2D eigenvalue weighted by Crippen LogP contribution is 2.03. The molecule has 0 saturated heterocycles. The molecule has 19 heavy (non-hydrogen) atoms. The number of H-pyrrole nitrogens is 1. The van der Waals surface area contributed by atoms with Crippen molar-refractivity contribution in [2.75, 3.05) is 5.32 Å². The lowest BCUT2D eigenvalue weighted by molar-refractivity contribution is 0.251. The van der Waals surface area contributed by atoms with Gasteiger partial charge in [0.25, 0.3) is 5.56 Å². The van der Waals surface area contributed by atoms with Crippen LogP contribution in [0.2, 0.25) is 0 Å². The maximum Gasteiger partial charge on any atom is 0.320 e. The van der Waals surface area contributed by atoms with Gasteiger partial charge in [-0.2, -0.15) is 5.10 Å². The van der Waals surface area contributed by atoms with E-state index in [-0.39, 0.29) is 23.7 Å². The van der Waals surface area contributed by atoms with Crippen LogP contribution in [0.4, 0.5) is 15.0 Å². The van der Waals surface area contributed by atoms with Gasteiger partial charge in [-0.25, -0.2) is 14.3 Å². The molecule has 1 aromatic heterocycles.